The topological polar surface area (TPSA) is 93.2 Å². The van der Waals surface area contributed by atoms with E-state index in [-0.39, 0.29) is 28.4 Å². The highest BCUT2D eigenvalue weighted by molar-refractivity contribution is 6.11. The number of anilines is 1. The number of hydrogen-bond donors (Lipinski definition) is 2. The molecule has 5 rings (SSSR count). The number of alkyl halides is 3. The fourth-order valence-corrected chi connectivity index (χ4v) is 4.06. The van der Waals surface area contributed by atoms with Gasteiger partial charge in [-0.3, -0.25) is 14.6 Å². The molecule has 0 spiro atoms. The lowest BCUT2D eigenvalue weighted by Gasteiger charge is -2.23. The minimum Gasteiger partial charge on any atom is -0.378 e. The molecule has 1 fully saturated rings. The number of carbonyl (C=O) groups excluding carboxylic acids is 2. The Morgan fingerprint density at radius 1 is 1.00 bits per heavy atom. The molecule has 1 saturated heterocycles. The van der Waals surface area contributed by atoms with Crippen LogP contribution in [0.4, 0.5) is 23.2 Å². The van der Waals surface area contributed by atoms with Gasteiger partial charge in [-0.05, 0) is 54.6 Å². The third kappa shape index (κ3) is 5.38. The summed E-state index contributed by atoms with van der Waals surface area (Å²) in [5, 5.41) is 5.71. The molecule has 11 heteroatoms. The van der Waals surface area contributed by atoms with Crippen LogP contribution in [0.15, 0.2) is 66.9 Å². The number of benzene rings is 3. The Kier molecular flexibility index (Phi) is 6.87. The number of ketones is 1. The molecule has 0 bridgehead atoms. The van der Waals surface area contributed by atoms with E-state index in [0.29, 0.717) is 42.6 Å². The van der Waals surface area contributed by atoms with Crippen molar-refractivity contribution in [2.45, 2.75) is 12.2 Å². The van der Waals surface area contributed by atoms with Gasteiger partial charge in [0.15, 0.2) is 5.78 Å². The molecule has 1 aliphatic heterocycles. The Bertz CT molecular complexity index is 1530. The molecule has 194 valence electrons. The van der Waals surface area contributed by atoms with Crippen LogP contribution in [0.3, 0.4) is 0 Å². The van der Waals surface area contributed by atoms with Crippen LogP contribution in [0.5, 0.6) is 0 Å². The van der Waals surface area contributed by atoms with Crippen LogP contribution in [0.1, 0.15) is 43.6 Å². The highest BCUT2D eigenvalue weighted by Crippen LogP contribution is 2.30. The van der Waals surface area contributed by atoms with E-state index in [0.717, 1.165) is 24.3 Å². The first-order chi connectivity index (χ1) is 18.2. The van der Waals surface area contributed by atoms with Gasteiger partial charge in [0, 0.05) is 23.4 Å². The molecule has 38 heavy (non-hydrogen) atoms. The summed E-state index contributed by atoms with van der Waals surface area (Å²) < 4.78 is 59.0. The zero-order valence-electron chi connectivity index (χ0n) is 19.7. The second kappa shape index (κ2) is 10.3. The van der Waals surface area contributed by atoms with Crippen LogP contribution >= 0.6 is 0 Å². The summed E-state index contributed by atoms with van der Waals surface area (Å²) >= 11 is 0. The van der Waals surface area contributed by atoms with Gasteiger partial charge in [-0.2, -0.15) is 13.2 Å². The number of aromatic nitrogens is 2. The number of nitrogens with one attached hydrogen (secondary N) is 2. The predicted molar refractivity (Wildman–Crippen MR) is 130 cm³/mol. The number of carbonyl (C=O) groups is 2. The average Bonchev–Trinajstić information content (AvgIpc) is 2.93. The van der Waals surface area contributed by atoms with Crippen molar-refractivity contribution < 1.29 is 31.9 Å². The number of halogens is 4. The first-order valence-corrected chi connectivity index (χ1v) is 11.6. The van der Waals surface area contributed by atoms with Crippen LogP contribution < -0.4 is 10.6 Å². The quantitative estimate of drug-likeness (QED) is 0.284. The highest BCUT2D eigenvalue weighted by Gasteiger charge is 2.31. The van der Waals surface area contributed by atoms with Crippen molar-refractivity contribution in [3.05, 3.63) is 101 Å². The van der Waals surface area contributed by atoms with E-state index in [9.17, 15) is 27.2 Å². The zero-order valence-corrected chi connectivity index (χ0v) is 19.7. The Hall–Kier alpha value is -4.22. The van der Waals surface area contributed by atoms with Gasteiger partial charge < -0.3 is 15.4 Å². The number of morpholine rings is 1. The van der Waals surface area contributed by atoms with E-state index in [4.69, 9.17) is 4.74 Å². The van der Waals surface area contributed by atoms with E-state index in [2.05, 4.69) is 20.6 Å². The maximum Gasteiger partial charge on any atom is 0.416 e. The van der Waals surface area contributed by atoms with E-state index in [1.165, 1.54) is 24.3 Å². The van der Waals surface area contributed by atoms with Gasteiger partial charge in [0.1, 0.15) is 5.82 Å². The van der Waals surface area contributed by atoms with E-state index >= 15 is 0 Å². The van der Waals surface area contributed by atoms with Gasteiger partial charge in [-0.15, -0.1) is 0 Å². The lowest BCUT2D eigenvalue weighted by Crippen LogP contribution is -2.35. The fourth-order valence-electron chi connectivity index (χ4n) is 4.06. The van der Waals surface area contributed by atoms with Gasteiger partial charge in [0.25, 0.3) is 5.91 Å². The molecular weight excluding hydrogens is 504 g/mol. The van der Waals surface area contributed by atoms with Crippen molar-refractivity contribution >= 4 is 28.4 Å². The van der Waals surface area contributed by atoms with Gasteiger partial charge in [-0.25, -0.2) is 9.37 Å². The molecule has 0 radical (unpaired) electrons. The minimum absolute atomic E-state index is 0.0459. The van der Waals surface area contributed by atoms with Crippen molar-refractivity contribution in [1.29, 1.82) is 0 Å². The van der Waals surface area contributed by atoms with Crippen LogP contribution in [-0.4, -0.2) is 41.4 Å². The zero-order chi connectivity index (χ0) is 26.9. The third-order valence-electron chi connectivity index (χ3n) is 6.02. The number of nitrogens with zero attached hydrogens (tertiary/aromatic N) is 2. The number of fused-ring (bicyclic) bond motifs is 1. The Labute approximate surface area is 213 Å². The molecule has 2 heterocycles. The summed E-state index contributed by atoms with van der Waals surface area (Å²) in [6.07, 6.45) is -3.02. The second-order valence-corrected chi connectivity index (χ2v) is 8.64. The van der Waals surface area contributed by atoms with Crippen LogP contribution in [0.25, 0.3) is 11.0 Å². The van der Waals surface area contributed by atoms with Crippen molar-refractivity contribution in [1.82, 2.24) is 15.3 Å². The third-order valence-corrected chi connectivity index (χ3v) is 6.02. The molecule has 4 aromatic rings. The minimum atomic E-state index is -4.61. The maximum absolute atomic E-state index is 14.6. The van der Waals surface area contributed by atoms with Crippen molar-refractivity contribution in [2.75, 3.05) is 25.1 Å². The molecule has 3 aromatic carbocycles. The summed E-state index contributed by atoms with van der Waals surface area (Å²) in [6.45, 7) is 1.79. The number of rotatable bonds is 5. The molecule has 7 nitrogen and oxygen atoms in total. The van der Waals surface area contributed by atoms with Crippen molar-refractivity contribution in [3.63, 3.8) is 0 Å². The number of ether oxygens (including phenoxy) is 1. The summed E-state index contributed by atoms with van der Waals surface area (Å²) in [7, 11) is 0. The normalized spacial score (nSPS) is 15.8. The molecule has 1 amide bonds. The lowest BCUT2D eigenvalue weighted by molar-refractivity contribution is -0.137. The monoisotopic (exact) mass is 524 g/mol. The largest absolute Gasteiger partial charge is 0.416 e. The van der Waals surface area contributed by atoms with Crippen LogP contribution in [0.2, 0.25) is 0 Å². The predicted octanol–water partition coefficient (Wildman–Crippen LogP) is 4.93. The summed E-state index contributed by atoms with van der Waals surface area (Å²) in [5.74, 6) is -2.32. The maximum atomic E-state index is 14.6. The molecule has 0 aliphatic carbocycles. The molecule has 1 aliphatic rings. The molecule has 2 N–H and O–H groups in total. The summed E-state index contributed by atoms with van der Waals surface area (Å²) in [5.41, 5.74) is 0.351. The fraction of sp³-hybridized carbons (Fsp3) is 0.185. The van der Waals surface area contributed by atoms with Crippen molar-refractivity contribution in [3.8, 4) is 0 Å². The highest BCUT2D eigenvalue weighted by atomic mass is 19.4. The average molecular weight is 524 g/mol. The molecular formula is C27H20F4N4O3. The van der Waals surface area contributed by atoms with Gasteiger partial charge >= 0.3 is 6.18 Å². The van der Waals surface area contributed by atoms with Gasteiger partial charge in [0.2, 0.25) is 0 Å². The van der Waals surface area contributed by atoms with Gasteiger partial charge in [-0.1, -0.05) is 6.07 Å². The van der Waals surface area contributed by atoms with Crippen LogP contribution in [0, 0.1) is 5.82 Å². The number of amides is 1. The smallest absolute Gasteiger partial charge is 0.378 e. The molecule has 1 atom stereocenters. The van der Waals surface area contributed by atoms with E-state index in [1.54, 1.807) is 12.3 Å². The summed E-state index contributed by atoms with van der Waals surface area (Å²) in [6, 6.07) is 11.8. The first-order valence-electron chi connectivity index (χ1n) is 11.6. The van der Waals surface area contributed by atoms with E-state index < -0.39 is 29.2 Å². The Morgan fingerprint density at radius 2 is 1.84 bits per heavy atom. The standard InChI is InChI=1S/C27H20F4N4O3/c28-20-6-5-18(34-26(37)16-2-1-3-17(10-16)27(29,30)31)12-19(20)25(36)15-4-7-21-22(11-15)33-13-23(35-21)24-14-38-9-8-32-24/h1-7,10-13,24,32H,8-9,14H2,(H,34,37). The Morgan fingerprint density at radius 3 is 2.61 bits per heavy atom. The SMILES string of the molecule is O=C(Nc1ccc(F)c(C(=O)c2ccc3nc(C4COCCN4)cnc3c2)c1)c1cccc(C(F)(F)F)c1. The molecule has 0 saturated carbocycles. The number of hydrogen-bond acceptors (Lipinski definition) is 6. The lowest BCUT2D eigenvalue weighted by atomic mass is 10.0. The summed E-state index contributed by atoms with van der Waals surface area (Å²) in [4.78, 5) is 34.6. The second-order valence-electron chi connectivity index (χ2n) is 8.64. The first kappa shape index (κ1) is 25.4. The molecule has 1 unspecified atom stereocenters. The Balaban J connectivity index is 1.37. The van der Waals surface area contributed by atoms with E-state index in [1.807, 2.05) is 0 Å². The van der Waals surface area contributed by atoms with Gasteiger partial charge in [0.05, 0.1) is 53.3 Å². The van der Waals surface area contributed by atoms with Crippen LogP contribution in [-0.2, 0) is 10.9 Å². The van der Waals surface area contributed by atoms with Crippen molar-refractivity contribution in [2.24, 2.45) is 0 Å². The molecule has 1 aromatic heterocycles.